The molecule has 0 atom stereocenters. The number of hydrogen-bond donors (Lipinski definition) is 1. The molecule has 82 valence electrons. The number of methoxy groups -OCH3 is 1. The maximum Gasteiger partial charge on any atom is 0.135 e. The highest BCUT2D eigenvalue weighted by molar-refractivity contribution is 9.10. The van der Waals surface area contributed by atoms with Gasteiger partial charge in [0.15, 0.2) is 0 Å². The summed E-state index contributed by atoms with van der Waals surface area (Å²) in [7, 11) is 1.69. The Balaban J connectivity index is 2.02. The highest BCUT2D eigenvalue weighted by Crippen LogP contribution is 2.32. The molecule has 1 aromatic carbocycles. The molecule has 2 nitrogen and oxygen atoms in total. The Labute approximate surface area is 99.1 Å². The largest absolute Gasteiger partial charge is 0.495 e. The van der Waals surface area contributed by atoms with E-state index in [-0.39, 0.29) is 0 Å². The summed E-state index contributed by atoms with van der Waals surface area (Å²) in [5, 5.41) is 3.51. The molecule has 0 bridgehead atoms. The molecule has 1 fully saturated rings. The van der Waals surface area contributed by atoms with E-state index in [0.717, 1.165) is 21.8 Å². The van der Waals surface area contributed by atoms with Gasteiger partial charge in [-0.05, 0) is 46.8 Å². The van der Waals surface area contributed by atoms with E-state index in [1.165, 1.54) is 12.8 Å². The zero-order valence-electron chi connectivity index (χ0n) is 9.09. The van der Waals surface area contributed by atoms with Gasteiger partial charge in [0.05, 0.1) is 11.6 Å². The molecule has 0 spiro atoms. The lowest BCUT2D eigenvalue weighted by molar-refractivity contribution is 0.309. The van der Waals surface area contributed by atoms with Crippen molar-refractivity contribution in [2.45, 2.75) is 25.8 Å². The molecule has 0 saturated heterocycles. The molecule has 0 heterocycles. The summed E-state index contributed by atoms with van der Waals surface area (Å²) in [6.07, 6.45) is 2.55. The first-order valence-electron chi connectivity index (χ1n) is 5.29. The van der Waals surface area contributed by atoms with Crippen molar-refractivity contribution in [1.29, 1.82) is 0 Å². The van der Waals surface area contributed by atoms with Gasteiger partial charge in [0.25, 0.3) is 0 Å². The van der Waals surface area contributed by atoms with Crippen LogP contribution in [0.4, 0.5) is 5.69 Å². The first-order chi connectivity index (χ1) is 7.19. The van der Waals surface area contributed by atoms with Crippen LogP contribution in [0.1, 0.15) is 19.8 Å². The molecule has 0 aliphatic heterocycles. The maximum atomic E-state index is 5.25. The van der Waals surface area contributed by atoms with Crippen molar-refractivity contribution in [1.82, 2.24) is 0 Å². The quantitative estimate of drug-likeness (QED) is 0.904. The summed E-state index contributed by atoms with van der Waals surface area (Å²) in [4.78, 5) is 0. The van der Waals surface area contributed by atoms with Gasteiger partial charge in [-0.2, -0.15) is 0 Å². The molecule has 1 aromatic rings. The van der Waals surface area contributed by atoms with E-state index in [9.17, 15) is 0 Å². The average Bonchev–Trinajstić information content (AvgIpc) is 2.18. The Kier molecular flexibility index (Phi) is 3.19. The fraction of sp³-hybridized carbons (Fsp3) is 0.500. The fourth-order valence-corrected chi connectivity index (χ4v) is 2.41. The monoisotopic (exact) mass is 269 g/mol. The van der Waals surface area contributed by atoms with Crippen LogP contribution in [-0.2, 0) is 0 Å². The minimum atomic E-state index is 0.644. The summed E-state index contributed by atoms with van der Waals surface area (Å²) >= 11 is 3.44. The molecule has 1 saturated carbocycles. The van der Waals surface area contributed by atoms with Gasteiger partial charge in [0.2, 0.25) is 0 Å². The molecule has 0 amide bonds. The van der Waals surface area contributed by atoms with E-state index in [1.807, 2.05) is 12.1 Å². The highest BCUT2D eigenvalue weighted by atomic mass is 79.9. The summed E-state index contributed by atoms with van der Waals surface area (Å²) in [6.45, 7) is 2.29. The van der Waals surface area contributed by atoms with Crippen molar-refractivity contribution in [2.24, 2.45) is 5.92 Å². The van der Waals surface area contributed by atoms with Crippen LogP contribution in [-0.4, -0.2) is 13.2 Å². The Morgan fingerprint density at radius 3 is 2.73 bits per heavy atom. The second-order valence-corrected chi connectivity index (χ2v) is 5.12. The van der Waals surface area contributed by atoms with Crippen molar-refractivity contribution in [3.8, 4) is 5.75 Å². The summed E-state index contributed by atoms with van der Waals surface area (Å²) < 4.78 is 6.25. The number of ether oxygens (including phenoxy) is 1. The van der Waals surface area contributed by atoms with Crippen LogP contribution < -0.4 is 10.1 Å². The van der Waals surface area contributed by atoms with Crippen LogP contribution in [0, 0.1) is 5.92 Å². The van der Waals surface area contributed by atoms with E-state index in [4.69, 9.17) is 4.74 Å². The van der Waals surface area contributed by atoms with Crippen LogP contribution in [0.2, 0.25) is 0 Å². The lowest BCUT2D eigenvalue weighted by Gasteiger charge is -2.34. The molecule has 1 N–H and O–H groups in total. The van der Waals surface area contributed by atoms with Crippen LogP contribution >= 0.6 is 15.9 Å². The van der Waals surface area contributed by atoms with Gasteiger partial charge in [-0.1, -0.05) is 6.92 Å². The third kappa shape index (κ3) is 2.46. The zero-order valence-corrected chi connectivity index (χ0v) is 10.7. The second kappa shape index (κ2) is 4.44. The number of benzene rings is 1. The van der Waals surface area contributed by atoms with Crippen molar-refractivity contribution in [3.63, 3.8) is 0 Å². The van der Waals surface area contributed by atoms with Gasteiger partial charge in [-0.25, -0.2) is 0 Å². The van der Waals surface area contributed by atoms with E-state index in [2.05, 4.69) is 34.2 Å². The van der Waals surface area contributed by atoms with Crippen LogP contribution in [0.15, 0.2) is 22.7 Å². The molecule has 3 heteroatoms. The standard InChI is InChI=1S/C12H16BrNO/c1-8-5-10(6-8)14-9-3-4-11(13)12(7-9)15-2/h3-4,7-8,10,14H,5-6H2,1-2H3. The first-order valence-corrected chi connectivity index (χ1v) is 6.08. The molecule has 0 aromatic heterocycles. The summed E-state index contributed by atoms with van der Waals surface area (Å²) in [6, 6.07) is 6.78. The van der Waals surface area contributed by atoms with Crippen LogP contribution in [0.3, 0.4) is 0 Å². The van der Waals surface area contributed by atoms with Gasteiger partial charge < -0.3 is 10.1 Å². The van der Waals surface area contributed by atoms with Crippen molar-refractivity contribution >= 4 is 21.6 Å². The average molecular weight is 270 g/mol. The molecule has 0 radical (unpaired) electrons. The predicted molar refractivity (Wildman–Crippen MR) is 66.5 cm³/mol. The molecule has 2 rings (SSSR count). The number of halogens is 1. The third-order valence-electron chi connectivity index (χ3n) is 2.90. The topological polar surface area (TPSA) is 21.3 Å². The summed E-state index contributed by atoms with van der Waals surface area (Å²) in [5.41, 5.74) is 1.15. The minimum absolute atomic E-state index is 0.644. The zero-order chi connectivity index (χ0) is 10.8. The summed E-state index contributed by atoms with van der Waals surface area (Å²) in [5.74, 6) is 1.76. The van der Waals surface area contributed by atoms with Gasteiger partial charge in [0, 0.05) is 17.8 Å². The molecule has 1 aliphatic carbocycles. The van der Waals surface area contributed by atoms with Gasteiger partial charge >= 0.3 is 0 Å². The number of rotatable bonds is 3. The number of hydrogen-bond acceptors (Lipinski definition) is 2. The van der Waals surface area contributed by atoms with Gasteiger partial charge in [0.1, 0.15) is 5.75 Å². The van der Waals surface area contributed by atoms with E-state index in [1.54, 1.807) is 7.11 Å². The van der Waals surface area contributed by atoms with Crippen molar-refractivity contribution < 1.29 is 4.74 Å². The smallest absolute Gasteiger partial charge is 0.135 e. The molecule has 0 unspecified atom stereocenters. The maximum absolute atomic E-state index is 5.25. The Bertz CT molecular complexity index is 347. The molecular formula is C12H16BrNO. The molecular weight excluding hydrogens is 254 g/mol. The molecule has 15 heavy (non-hydrogen) atoms. The third-order valence-corrected chi connectivity index (χ3v) is 3.55. The predicted octanol–water partition coefficient (Wildman–Crippen LogP) is 3.67. The van der Waals surface area contributed by atoms with Gasteiger partial charge in [-0.15, -0.1) is 0 Å². The lowest BCUT2D eigenvalue weighted by Crippen LogP contribution is -2.33. The Morgan fingerprint density at radius 1 is 1.40 bits per heavy atom. The van der Waals surface area contributed by atoms with Gasteiger partial charge in [-0.3, -0.25) is 0 Å². The number of nitrogens with one attached hydrogen (secondary N) is 1. The SMILES string of the molecule is COc1cc(NC2CC(C)C2)ccc1Br. The van der Waals surface area contributed by atoms with Crippen LogP contribution in [0.5, 0.6) is 5.75 Å². The van der Waals surface area contributed by atoms with Crippen LogP contribution in [0.25, 0.3) is 0 Å². The first kappa shape index (κ1) is 10.8. The molecule has 1 aliphatic rings. The van der Waals surface area contributed by atoms with E-state index < -0.39 is 0 Å². The van der Waals surface area contributed by atoms with Crippen molar-refractivity contribution in [3.05, 3.63) is 22.7 Å². The Morgan fingerprint density at radius 2 is 2.13 bits per heavy atom. The van der Waals surface area contributed by atoms with E-state index in [0.29, 0.717) is 6.04 Å². The Hall–Kier alpha value is -0.700. The van der Waals surface area contributed by atoms with E-state index >= 15 is 0 Å². The fourth-order valence-electron chi connectivity index (χ4n) is 2.01. The highest BCUT2D eigenvalue weighted by Gasteiger charge is 2.24. The second-order valence-electron chi connectivity index (χ2n) is 4.27. The lowest BCUT2D eigenvalue weighted by atomic mass is 9.82. The number of anilines is 1. The van der Waals surface area contributed by atoms with Crippen molar-refractivity contribution in [2.75, 3.05) is 12.4 Å². The normalized spacial score (nSPS) is 24.5. The minimum Gasteiger partial charge on any atom is -0.495 e.